The van der Waals surface area contributed by atoms with E-state index in [4.69, 9.17) is 0 Å². The summed E-state index contributed by atoms with van der Waals surface area (Å²) in [6.07, 6.45) is 4.02. The van der Waals surface area contributed by atoms with Crippen LogP contribution in [0.25, 0.3) is 0 Å². The van der Waals surface area contributed by atoms with Crippen LogP contribution in [0.4, 0.5) is 4.39 Å². The highest BCUT2D eigenvalue weighted by molar-refractivity contribution is 5.93. The summed E-state index contributed by atoms with van der Waals surface area (Å²) in [4.78, 5) is 20.8. The van der Waals surface area contributed by atoms with Crippen molar-refractivity contribution in [2.45, 2.75) is 32.6 Å². The molecule has 0 aromatic heterocycles. The van der Waals surface area contributed by atoms with Crippen LogP contribution in [0.1, 0.15) is 32.6 Å². The van der Waals surface area contributed by atoms with Crippen molar-refractivity contribution in [1.29, 1.82) is 0 Å². The van der Waals surface area contributed by atoms with Crippen LogP contribution in [0.15, 0.2) is 16.4 Å². The van der Waals surface area contributed by atoms with Gasteiger partial charge in [-0.05, 0) is 44.1 Å². The molecule has 1 saturated carbocycles. The third kappa shape index (κ3) is 2.97. The highest BCUT2D eigenvalue weighted by atomic mass is 19.1. The predicted molar refractivity (Wildman–Crippen MR) is 80.8 cm³/mol. The van der Waals surface area contributed by atoms with Gasteiger partial charge in [-0.3, -0.25) is 9.79 Å². The molecule has 1 atom stereocenters. The lowest BCUT2D eigenvalue weighted by Gasteiger charge is -2.34. The average Bonchev–Trinajstić information content (AvgIpc) is 3.27. The molecule has 0 radical (unpaired) electrons. The summed E-state index contributed by atoms with van der Waals surface area (Å²) >= 11 is 0. The Bertz CT molecular complexity index is 496. The Hall–Kier alpha value is -1.39. The fourth-order valence-electron chi connectivity index (χ4n) is 3.37. The third-order valence-corrected chi connectivity index (χ3v) is 4.90. The van der Waals surface area contributed by atoms with Crippen molar-refractivity contribution < 1.29 is 9.18 Å². The standard InChI is InChI=1S/C16H24FN3O/c1-11(12-5-6-12)14(17)16(21)20-8-3-4-13(10-20)15-18-7-9-19(15)2/h12-13H,3-10H2,1-2H3. The SMILES string of the molecule is CC(=C(F)C(=O)N1CCCC(C2=NCCN2C)C1)C1CC1. The Labute approximate surface area is 125 Å². The van der Waals surface area contributed by atoms with Crippen molar-refractivity contribution in [3.63, 3.8) is 0 Å². The predicted octanol–water partition coefficient (Wildman–Crippen LogP) is 2.22. The minimum atomic E-state index is -0.514. The quantitative estimate of drug-likeness (QED) is 0.748. The number of carbonyl (C=O) groups excluding carboxylic acids is 1. The fourth-order valence-corrected chi connectivity index (χ4v) is 3.37. The highest BCUT2D eigenvalue weighted by Crippen LogP contribution is 2.38. The number of carbonyl (C=O) groups is 1. The van der Waals surface area contributed by atoms with Crippen LogP contribution in [0.5, 0.6) is 0 Å². The second-order valence-electron chi connectivity index (χ2n) is 6.52. The maximum atomic E-state index is 14.3. The summed E-state index contributed by atoms with van der Waals surface area (Å²) < 4.78 is 14.3. The smallest absolute Gasteiger partial charge is 0.282 e. The van der Waals surface area contributed by atoms with Crippen molar-refractivity contribution in [1.82, 2.24) is 9.80 Å². The van der Waals surface area contributed by atoms with Crippen molar-refractivity contribution >= 4 is 11.7 Å². The first-order valence-corrected chi connectivity index (χ1v) is 7.99. The minimum absolute atomic E-state index is 0.268. The number of piperidine rings is 1. The van der Waals surface area contributed by atoms with Gasteiger partial charge in [0.25, 0.3) is 5.91 Å². The van der Waals surface area contributed by atoms with E-state index in [1.807, 2.05) is 7.05 Å². The molecule has 116 valence electrons. The topological polar surface area (TPSA) is 35.9 Å². The van der Waals surface area contributed by atoms with Crippen molar-refractivity contribution in [2.75, 3.05) is 33.2 Å². The van der Waals surface area contributed by atoms with Crippen molar-refractivity contribution in [3.8, 4) is 0 Å². The molecular weight excluding hydrogens is 269 g/mol. The van der Waals surface area contributed by atoms with Crippen LogP contribution in [0.3, 0.4) is 0 Å². The van der Waals surface area contributed by atoms with E-state index in [0.29, 0.717) is 24.6 Å². The van der Waals surface area contributed by atoms with Gasteiger partial charge in [-0.15, -0.1) is 0 Å². The Kier molecular flexibility index (Phi) is 4.00. The number of nitrogens with zero attached hydrogens (tertiary/aromatic N) is 3. The van der Waals surface area contributed by atoms with Gasteiger partial charge >= 0.3 is 0 Å². The number of amidine groups is 1. The van der Waals surface area contributed by atoms with Crippen molar-refractivity contribution in [2.24, 2.45) is 16.8 Å². The molecule has 0 spiro atoms. The fraction of sp³-hybridized carbons (Fsp3) is 0.750. The summed E-state index contributed by atoms with van der Waals surface area (Å²) in [7, 11) is 2.05. The summed E-state index contributed by atoms with van der Waals surface area (Å²) in [5, 5.41) is 0. The first kappa shape index (κ1) is 14.5. The second-order valence-corrected chi connectivity index (χ2v) is 6.52. The monoisotopic (exact) mass is 293 g/mol. The zero-order valence-corrected chi connectivity index (χ0v) is 12.9. The maximum absolute atomic E-state index is 14.3. The Morgan fingerprint density at radius 1 is 1.29 bits per heavy atom. The summed E-state index contributed by atoms with van der Waals surface area (Å²) in [6.45, 7) is 4.83. The van der Waals surface area contributed by atoms with E-state index in [0.717, 1.165) is 44.6 Å². The zero-order chi connectivity index (χ0) is 15.0. The molecule has 0 aromatic carbocycles. The van der Waals surface area contributed by atoms with Crippen molar-refractivity contribution in [3.05, 3.63) is 11.4 Å². The number of halogens is 1. The lowest BCUT2D eigenvalue weighted by atomic mass is 9.96. The van der Waals surface area contributed by atoms with Crippen LogP contribution in [0, 0.1) is 11.8 Å². The number of rotatable bonds is 3. The number of likely N-dealkylation sites (N-methyl/N-ethyl adjacent to an activating group) is 1. The second kappa shape index (κ2) is 5.78. The van der Waals surface area contributed by atoms with Gasteiger partial charge in [0.15, 0.2) is 5.83 Å². The van der Waals surface area contributed by atoms with E-state index in [-0.39, 0.29) is 5.92 Å². The van der Waals surface area contributed by atoms with Crippen LogP contribution in [-0.2, 0) is 4.79 Å². The largest absolute Gasteiger partial charge is 0.361 e. The summed E-state index contributed by atoms with van der Waals surface area (Å²) in [5.74, 6) is 0.741. The maximum Gasteiger partial charge on any atom is 0.282 e. The Balaban J connectivity index is 1.68. The number of amides is 1. The molecule has 0 bridgehead atoms. The van der Waals surface area contributed by atoms with E-state index in [1.54, 1.807) is 11.8 Å². The lowest BCUT2D eigenvalue weighted by Crippen LogP contribution is -2.45. The van der Waals surface area contributed by atoms with E-state index < -0.39 is 11.7 Å². The summed E-state index contributed by atoms with van der Waals surface area (Å²) in [5.41, 5.74) is 0.650. The molecule has 3 rings (SSSR count). The van der Waals surface area contributed by atoms with Gasteiger partial charge in [0.1, 0.15) is 5.84 Å². The van der Waals surface area contributed by atoms with E-state index in [1.165, 1.54) is 0 Å². The van der Waals surface area contributed by atoms with Gasteiger partial charge < -0.3 is 9.80 Å². The average molecular weight is 293 g/mol. The molecule has 0 N–H and O–H groups in total. The van der Waals surface area contributed by atoms with Crippen LogP contribution in [0.2, 0.25) is 0 Å². The number of likely N-dealkylation sites (tertiary alicyclic amines) is 1. The van der Waals surface area contributed by atoms with Gasteiger partial charge in [-0.1, -0.05) is 0 Å². The molecule has 0 aromatic rings. The molecule has 2 aliphatic heterocycles. The van der Waals surface area contributed by atoms with E-state index in [2.05, 4.69) is 9.89 Å². The Morgan fingerprint density at radius 2 is 2.05 bits per heavy atom. The lowest BCUT2D eigenvalue weighted by molar-refractivity contribution is -0.130. The molecule has 1 unspecified atom stereocenters. The van der Waals surface area contributed by atoms with E-state index in [9.17, 15) is 9.18 Å². The van der Waals surface area contributed by atoms with Crippen LogP contribution >= 0.6 is 0 Å². The molecule has 2 heterocycles. The zero-order valence-electron chi connectivity index (χ0n) is 12.9. The van der Waals surface area contributed by atoms with Crippen LogP contribution < -0.4 is 0 Å². The number of aliphatic imine (C=N–C) groups is 1. The number of hydrogen-bond donors (Lipinski definition) is 0. The molecule has 21 heavy (non-hydrogen) atoms. The van der Waals surface area contributed by atoms with E-state index >= 15 is 0 Å². The van der Waals surface area contributed by atoms with Gasteiger partial charge in [-0.2, -0.15) is 0 Å². The molecule has 2 fully saturated rings. The molecule has 3 aliphatic rings. The molecule has 1 aliphatic carbocycles. The third-order valence-electron chi connectivity index (χ3n) is 4.90. The molecule has 1 saturated heterocycles. The normalized spacial score (nSPS) is 27.6. The van der Waals surface area contributed by atoms with Gasteiger partial charge in [0, 0.05) is 32.6 Å². The first-order chi connectivity index (χ1) is 10.1. The van der Waals surface area contributed by atoms with Crippen LogP contribution in [-0.4, -0.2) is 54.8 Å². The Morgan fingerprint density at radius 3 is 2.67 bits per heavy atom. The molecule has 4 nitrogen and oxygen atoms in total. The summed E-state index contributed by atoms with van der Waals surface area (Å²) in [6, 6.07) is 0. The van der Waals surface area contributed by atoms with Gasteiger partial charge in [-0.25, -0.2) is 4.39 Å². The minimum Gasteiger partial charge on any atom is -0.361 e. The number of allylic oxidation sites excluding steroid dienone is 1. The highest BCUT2D eigenvalue weighted by Gasteiger charge is 2.34. The molecule has 5 heteroatoms. The first-order valence-electron chi connectivity index (χ1n) is 7.99. The van der Waals surface area contributed by atoms with Gasteiger partial charge in [0.05, 0.1) is 6.54 Å². The van der Waals surface area contributed by atoms with Gasteiger partial charge in [0.2, 0.25) is 0 Å². The molecular formula is C16H24FN3O. The molecule has 1 amide bonds. The number of hydrogen-bond acceptors (Lipinski definition) is 3.